The number of piperidine rings is 1. The number of rotatable bonds is 9. The highest BCUT2D eigenvalue weighted by molar-refractivity contribution is 7.89. The van der Waals surface area contributed by atoms with Crippen molar-refractivity contribution < 1.29 is 26.4 Å². The number of nitrogens with zero attached hydrogens (tertiary/aromatic N) is 2. The van der Waals surface area contributed by atoms with Crippen molar-refractivity contribution in [2.24, 2.45) is 5.92 Å². The Bertz CT molecular complexity index is 1260. The van der Waals surface area contributed by atoms with Crippen LogP contribution in [0, 0.1) is 5.92 Å². The average molecular weight is 536 g/mol. The highest BCUT2D eigenvalue weighted by Gasteiger charge is 2.33. The molecule has 0 bridgehead atoms. The van der Waals surface area contributed by atoms with Gasteiger partial charge in [0.05, 0.1) is 22.8 Å². The van der Waals surface area contributed by atoms with Gasteiger partial charge in [0.15, 0.2) is 0 Å². The molecule has 2 fully saturated rings. The first-order valence-electron chi connectivity index (χ1n) is 12.2. The lowest BCUT2D eigenvalue weighted by Crippen LogP contribution is -2.45. The summed E-state index contributed by atoms with van der Waals surface area (Å²) in [5.41, 5.74) is 0.919. The van der Waals surface area contributed by atoms with Crippen molar-refractivity contribution in [1.29, 1.82) is 0 Å². The van der Waals surface area contributed by atoms with Crippen molar-refractivity contribution in [3.8, 4) is 5.75 Å². The third kappa shape index (κ3) is 5.91. The van der Waals surface area contributed by atoms with E-state index >= 15 is 0 Å². The number of ether oxygens (including phenoxy) is 1. The third-order valence-electron chi connectivity index (χ3n) is 6.79. The highest BCUT2D eigenvalue weighted by atomic mass is 32.2. The number of methoxy groups -OCH3 is 1. The van der Waals surface area contributed by atoms with Gasteiger partial charge >= 0.3 is 0 Å². The van der Waals surface area contributed by atoms with Gasteiger partial charge in [0.2, 0.25) is 26.0 Å². The van der Waals surface area contributed by atoms with Crippen LogP contribution in [0.1, 0.15) is 31.2 Å². The number of hydrogen-bond donors (Lipinski definition) is 1. The Labute approximate surface area is 213 Å². The number of amides is 1. The van der Waals surface area contributed by atoms with Crippen molar-refractivity contribution in [1.82, 2.24) is 13.9 Å². The quantitative estimate of drug-likeness (QED) is 0.527. The van der Waals surface area contributed by atoms with E-state index in [0.29, 0.717) is 51.2 Å². The molecule has 2 saturated heterocycles. The lowest BCUT2D eigenvalue weighted by Gasteiger charge is -2.31. The molecular weight excluding hydrogens is 502 g/mol. The van der Waals surface area contributed by atoms with Crippen LogP contribution in [0.3, 0.4) is 0 Å². The molecule has 2 aliphatic heterocycles. The Morgan fingerprint density at radius 2 is 1.42 bits per heavy atom. The van der Waals surface area contributed by atoms with E-state index in [9.17, 15) is 21.6 Å². The Hall–Kier alpha value is -2.47. The van der Waals surface area contributed by atoms with Gasteiger partial charge in [-0.15, -0.1) is 0 Å². The fraction of sp³-hybridized carbons (Fsp3) is 0.480. The zero-order valence-electron chi connectivity index (χ0n) is 20.4. The van der Waals surface area contributed by atoms with Crippen molar-refractivity contribution in [3.63, 3.8) is 0 Å². The summed E-state index contributed by atoms with van der Waals surface area (Å²) < 4.78 is 59.4. The summed E-state index contributed by atoms with van der Waals surface area (Å²) in [7, 11) is -5.62. The van der Waals surface area contributed by atoms with E-state index in [2.05, 4.69) is 5.32 Å². The smallest absolute Gasteiger partial charge is 0.243 e. The van der Waals surface area contributed by atoms with E-state index in [1.54, 1.807) is 36.4 Å². The van der Waals surface area contributed by atoms with Gasteiger partial charge in [-0.05, 0) is 74.1 Å². The SMILES string of the molecule is COc1ccc(S(=O)(=O)N2CCC[C@H](C(=O)NCCc3ccc(S(=O)(=O)N4CCCC4)cc3)C2)cc1. The molecule has 11 heteroatoms. The first-order chi connectivity index (χ1) is 17.2. The van der Waals surface area contributed by atoms with Gasteiger partial charge in [0.1, 0.15) is 5.75 Å². The molecule has 0 spiro atoms. The Morgan fingerprint density at radius 1 is 0.861 bits per heavy atom. The van der Waals surface area contributed by atoms with Gasteiger partial charge in [-0.3, -0.25) is 4.79 Å². The van der Waals surface area contributed by atoms with E-state index in [1.165, 1.54) is 27.9 Å². The number of sulfonamides is 2. The van der Waals surface area contributed by atoms with Crippen LogP contribution < -0.4 is 10.1 Å². The lowest BCUT2D eigenvalue weighted by molar-refractivity contribution is -0.126. The maximum Gasteiger partial charge on any atom is 0.243 e. The third-order valence-corrected chi connectivity index (χ3v) is 10.6. The predicted octanol–water partition coefficient (Wildman–Crippen LogP) is 2.24. The summed E-state index contributed by atoms with van der Waals surface area (Å²) in [5.74, 6) is -0.00896. The minimum atomic E-state index is -3.69. The van der Waals surface area contributed by atoms with E-state index < -0.39 is 26.0 Å². The Morgan fingerprint density at radius 3 is 2.03 bits per heavy atom. The van der Waals surface area contributed by atoms with Gasteiger partial charge < -0.3 is 10.1 Å². The van der Waals surface area contributed by atoms with Crippen LogP contribution in [0.4, 0.5) is 0 Å². The van der Waals surface area contributed by atoms with Gasteiger partial charge in [0, 0.05) is 32.7 Å². The summed E-state index contributed by atoms with van der Waals surface area (Å²) in [4.78, 5) is 13.2. The molecule has 9 nitrogen and oxygen atoms in total. The average Bonchev–Trinajstić information content (AvgIpc) is 3.45. The van der Waals surface area contributed by atoms with Crippen molar-refractivity contribution >= 4 is 26.0 Å². The molecule has 0 saturated carbocycles. The minimum Gasteiger partial charge on any atom is -0.497 e. The molecule has 2 aromatic rings. The van der Waals surface area contributed by atoms with Gasteiger partial charge in [-0.1, -0.05) is 12.1 Å². The van der Waals surface area contributed by atoms with Crippen LogP contribution in [-0.2, 0) is 31.3 Å². The standard InChI is InChI=1S/C25H33N3O6S2/c1-34-22-8-12-24(13-9-22)36(32,33)28-18-4-5-21(19-28)25(29)26-15-14-20-6-10-23(11-7-20)35(30,31)27-16-2-3-17-27/h6-13,21H,2-5,14-19H2,1H3,(H,26,29)/t21-/m0/s1. The van der Waals surface area contributed by atoms with E-state index in [0.717, 1.165) is 18.4 Å². The summed E-state index contributed by atoms with van der Waals surface area (Å²) in [5, 5.41) is 2.91. The van der Waals surface area contributed by atoms with Crippen LogP contribution in [-0.4, -0.2) is 71.2 Å². The summed E-state index contributed by atoms with van der Waals surface area (Å²) in [6.45, 7) is 2.04. The normalized spacial score (nSPS) is 19.8. The number of carbonyl (C=O) groups excluding carboxylic acids is 1. The van der Waals surface area contributed by atoms with E-state index in [1.807, 2.05) is 0 Å². The molecular formula is C25H33N3O6S2. The second kappa shape index (κ2) is 11.3. The molecule has 36 heavy (non-hydrogen) atoms. The van der Waals surface area contributed by atoms with Crippen molar-refractivity contribution in [3.05, 3.63) is 54.1 Å². The molecule has 4 rings (SSSR count). The number of benzene rings is 2. The molecule has 2 heterocycles. The number of carbonyl (C=O) groups is 1. The Balaban J connectivity index is 1.29. The molecule has 1 atom stereocenters. The van der Waals surface area contributed by atoms with Gasteiger partial charge in [-0.25, -0.2) is 16.8 Å². The van der Waals surface area contributed by atoms with Crippen LogP contribution in [0.25, 0.3) is 0 Å². The molecule has 0 unspecified atom stereocenters. The number of nitrogens with one attached hydrogen (secondary N) is 1. The fourth-order valence-corrected chi connectivity index (χ4v) is 7.69. The maximum absolute atomic E-state index is 13.0. The largest absolute Gasteiger partial charge is 0.497 e. The maximum atomic E-state index is 13.0. The van der Waals surface area contributed by atoms with Gasteiger partial charge in [0.25, 0.3) is 0 Å². The fourth-order valence-electron chi connectivity index (χ4n) is 4.65. The lowest BCUT2D eigenvalue weighted by atomic mass is 9.99. The molecule has 0 aromatic heterocycles. The monoisotopic (exact) mass is 535 g/mol. The molecule has 0 aliphatic carbocycles. The van der Waals surface area contributed by atoms with Crippen LogP contribution in [0.15, 0.2) is 58.3 Å². The van der Waals surface area contributed by atoms with Crippen LogP contribution in [0.5, 0.6) is 5.75 Å². The molecule has 2 aliphatic rings. The molecule has 196 valence electrons. The second-order valence-corrected chi connectivity index (χ2v) is 13.0. The summed E-state index contributed by atoms with van der Waals surface area (Å²) >= 11 is 0. The molecule has 1 amide bonds. The summed E-state index contributed by atoms with van der Waals surface area (Å²) in [6.07, 6.45) is 3.58. The second-order valence-electron chi connectivity index (χ2n) is 9.17. The first-order valence-corrected chi connectivity index (χ1v) is 15.1. The van der Waals surface area contributed by atoms with E-state index in [-0.39, 0.29) is 22.2 Å². The molecule has 0 radical (unpaired) electrons. The molecule has 2 aromatic carbocycles. The van der Waals surface area contributed by atoms with E-state index in [4.69, 9.17) is 4.74 Å². The predicted molar refractivity (Wildman–Crippen MR) is 136 cm³/mol. The van der Waals surface area contributed by atoms with Crippen molar-refractivity contribution in [2.75, 3.05) is 39.8 Å². The minimum absolute atomic E-state index is 0.142. The van der Waals surface area contributed by atoms with Crippen LogP contribution >= 0.6 is 0 Å². The Kier molecular flexibility index (Phi) is 8.34. The number of hydrogen-bond acceptors (Lipinski definition) is 6. The zero-order chi connectivity index (χ0) is 25.8. The topological polar surface area (TPSA) is 113 Å². The molecule has 1 N–H and O–H groups in total. The first kappa shape index (κ1) is 26.6. The van der Waals surface area contributed by atoms with Gasteiger partial charge in [-0.2, -0.15) is 8.61 Å². The highest BCUT2D eigenvalue weighted by Crippen LogP contribution is 2.25. The summed E-state index contributed by atoms with van der Waals surface area (Å²) in [6, 6.07) is 13.0. The zero-order valence-corrected chi connectivity index (χ0v) is 22.1. The van der Waals surface area contributed by atoms with Crippen LogP contribution in [0.2, 0.25) is 0 Å². The van der Waals surface area contributed by atoms with Crippen molar-refractivity contribution in [2.45, 2.75) is 41.9 Å².